The van der Waals surface area contributed by atoms with Gasteiger partial charge in [0.1, 0.15) is 15.6 Å². The number of carbonyl (C=O) groups is 1. The van der Waals surface area contributed by atoms with Gasteiger partial charge in [0.05, 0.1) is 5.69 Å². The van der Waals surface area contributed by atoms with Gasteiger partial charge in [-0.3, -0.25) is 0 Å². The molecule has 0 fully saturated rings. The standard InChI is InChI=1S/C27H29N3O5S2/c1-27(2,3)35-25(31)20-34-24-8-4-7-22(17-24)19-29(37(32,33)26-9-5-16-36-26)18-21-10-12-23(13-11-21)30-15-6-14-28-30/h4-17H,18-20H2,1-3H3. The molecule has 194 valence electrons. The van der Waals surface area contributed by atoms with Crippen molar-refractivity contribution in [2.45, 2.75) is 43.7 Å². The molecule has 0 saturated heterocycles. The fourth-order valence-electron chi connectivity index (χ4n) is 3.59. The van der Waals surface area contributed by atoms with Crippen LogP contribution in [0.1, 0.15) is 31.9 Å². The van der Waals surface area contributed by atoms with Crippen LogP contribution >= 0.6 is 11.3 Å². The molecule has 0 aliphatic carbocycles. The van der Waals surface area contributed by atoms with Crippen LogP contribution in [0.4, 0.5) is 0 Å². The monoisotopic (exact) mass is 539 g/mol. The minimum absolute atomic E-state index is 0.130. The third-order valence-electron chi connectivity index (χ3n) is 5.19. The summed E-state index contributed by atoms with van der Waals surface area (Å²) in [5.74, 6) is -0.0150. The summed E-state index contributed by atoms with van der Waals surface area (Å²) >= 11 is 1.18. The first-order valence-corrected chi connectivity index (χ1v) is 14.0. The number of rotatable bonds is 10. The Kier molecular flexibility index (Phi) is 8.11. The van der Waals surface area contributed by atoms with Crippen molar-refractivity contribution in [2.24, 2.45) is 0 Å². The molecule has 2 aromatic heterocycles. The van der Waals surface area contributed by atoms with E-state index in [9.17, 15) is 13.2 Å². The molecule has 4 rings (SSSR count). The van der Waals surface area contributed by atoms with Crippen LogP contribution in [0.25, 0.3) is 5.69 Å². The molecule has 2 heterocycles. The minimum atomic E-state index is -3.75. The van der Waals surface area contributed by atoms with E-state index < -0.39 is 21.6 Å². The van der Waals surface area contributed by atoms with E-state index in [2.05, 4.69) is 5.10 Å². The molecule has 0 N–H and O–H groups in total. The average Bonchev–Trinajstić information content (AvgIpc) is 3.57. The van der Waals surface area contributed by atoms with E-state index in [1.165, 1.54) is 15.6 Å². The number of nitrogens with zero attached hydrogens (tertiary/aromatic N) is 3. The lowest BCUT2D eigenvalue weighted by atomic mass is 10.2. The number of thiophene rings is 1. The van der Waals surface area contributed by atoms with Gasteiger partial charge in [-0.05, 0) is 73.7 Å². The number of hydrogen-bond acceptors (Lipinski definition) is 7. The fraction of sp³-hybridized carbons (Fsp3) is 0.259. The van der Waals surface area contributed by atoms with Crippen LogP contribution in [-0.4, -0.2) is 40.7 Å². The van der Waals surface area contributed by atoms with Gasteiger partial charge in [0.2, 0.25) is 0 Å². The highest BCUT2D eigenvalue weighted by atomic mass is 32.2. The number of aromatic nitrogens is 2. The number of carbonyl (C=O) groups excluding carboxylic acids is 1. The molecular weight excluding hydrogens is 510 g/mol. The lowest BCUT2D eigenvalue weighted by Crippen LogP contribution is -2.30. The van der Waals surface area contributed by atoms with Gasteiger partial charge in [-0.2, -0.15) is 9.40 Å². The second-order valence-electron chi connectivity index (χ2n) is 9.34. The third kappa shape index (κ3) is 7.28. The average molecular weight is 540 g/mol. The van der Waals surface area contributed by atoms with E-state index in [4.69, 9.17) is 9.47 Å². The van der Waals surface area contributed by atoms with Crippen LogP contribution in [0.2, 0.25) is 0 Å². The summed E-state index contributed by atoms with van der Waals surface area (Å²) in [7, 11) is -3.75. The van der Waals surface area contributed by atoms with Crippen LogP contribution in [0.15, 0.2) is 88.7 Å². The predicted octanol–water partition coefficient (Wildman–Crippen LogP) is 5.05. The Labute approximate surface area is 221 Å². The summed E-state index contributed by atoms with van der Waals surface area (Å²) in [6, 6.07) is 19.8. The van der Waals surface area contributed by atoms with Crippen molar-refractivity contribution < 1.29 is 22.7 Å². The third-order valence-corrected chi connectivity index (χ3v) is 8.35. The number of hydrogen-bond donors (Lipinski definition) is 0. The summed E-state index contributed by atoms with van der Waals surface area (Å²) in [6.45, 7) is 5.45. The summed E-state index contributed by atoms with van der Waals surface area (Å²) < 4.78 is 41.4. The molecule has 0 saturated carbocycles. The Hall–Kier alpha value is -3.47. The maximum atomic E-state index is 13.5. The van der Waals surface area contributed by atoms with E-state index in [1.54, 1.807) is 67.4 Å². The minimum Gasteiger partial charge on any atom is -0.482 e. The molecule has 0 unspecified atom stereocenters. The lowest BCUT2D eigenvalue weighted by Gasteiger charge is -2.22. The molecule has 2 aromatic carbocycles. The van der Waals surface area contributed by atoms with Gasteiger partial charge >= 0.3 is 5.97 Å². The Morgan fingerprint density at radius 1 is 1.00 bits per heavy atom. The normalized spacial score (nSPS) is 12.0. The van der Waals surface area contributed by atoms with Crippen molar-refractivity contribution in [1.82, 2.24) is 14.1 Å². The smallest absolute Gasteiger partial charge is 0.344 e. The molecule has 8 nitrogen and oxygen atoms in total. The van der Waals surface area contributed by atoms with Gasteiger partial charge in [-0.1, -0.05) is 30.3 Å². The first kappa shape index (κ1) is 26.6. The zero-order valence-corrected chi connectivity index (χ0v) is 22.5. The van der Waals surface area contributed by atoms with Gasteiger partial charge in [-0.15, -0.1) is 11.3 Å². The molecule has 0 atom stereocenters. The first-order chi connectivity index (χ1) is 17.6. The van der Waals surface area contributed by atoms with Crippen molar-refractivity contribution in [2.75, 3.05) is 6.61 Å². The zero-order chi connectivity index (χ0) is 26.5. The lowest BCUT2D eigenvalue weighted by molar-refractivity contribution is -0.157. The van der Waals surface area contributed by atoms with Crippen molar-refractivity contribution in [3.8, 4) is 11.4 Å². The Morgan fingerprint density at radius 3 is 2.41 bits per heavy atom. The first-order valence-electron chi connectivity index (χ1n) is 11.7. The quantitative estimate of drug-likeness (QED) is 0.262. The van der Waals surface area contributed by atoms with E-state index in [1.807, 2.05) is 42.6 Å². The summed E-state index contributed by atoms with van der Waals surface area (Å²) in [5, 5.41) is 5.97. The molecule has 0 aliphatic rings. The fourth-order valence-corrected chi connectivity index (χ4v) is 6.15. The van der Waals surface area contributed by atoms with Gasteiger partial charge < -0.3 is 9.47 Å². The second-order valence-corrected chi connectivity index (χ2v) is 12.5. The topological polar surface area (TPSA) is 90.7 Å². The zero-order valence-electron chi connectivity index (χ0n) is 20.9. The van der Waals surface area contributed by atoms with Crippen molar-refractivity contribution in [3.63, 3.8) is 0 Å². The molecule has 10 heteroatoms. The molecule has 0 spiro atoms. The summed E-state index contributed by atoms with van der Waals surface area (Å²) in [4.78, 5) is 12.0. The molecule has 37 heavy (non-hydrogen) atoms. The van der Waals surface area contributed by atoms with Gasteiger partial charge in [0.25, 0.3) is 10.0 Å². The molecule has 0 bridgehead atoms. The largest absolute Gasteiger partial charge is 0.482 e. The number of esters is 1. The Balaban J connectivity index is 1.52. The van der Waals surface area contributed by atoms with Crippen LogP contribution in [-0.2, 0) is 32.6 Å². The van der Waals surface area contributed by atoms with Crippen LogP contribution in [0.5, 0.6) is 5.75 Å². The van der Waals surface area contributed by atoms with Crippen molar-refractivity contribution in [1.29, 1.82) is 0 Å². The van der Waals surface area contributed by atoms with Gasteiger partial charge in [-0.25, -0.2) is 17.9 Å². The number of benzene rings is 2. The Bertz CT molecular complexity index is 1410. The maximum Gasteiger partial charge on any atom is 0.344 e. The summed E-state index contributed by atoms with van der Waals surface area (Å²) in [5.41, 5.74) is 1.86. The van der Waals surface area contributed by atoms with Gasteiger partial charge in [0, 0.05) is 25.5 Å². The highest BCUT2D eigenvalue weighted by molar-refractivity contribution is 7.91. The SMILES string of the molecule is CC(C)(C)OC(=O)COc1cccc(CN(Cc2ccc(-n3cccn3)cc2)S(=O)(=O)c2cccs2)c1. The molecule has 0 amide bonds. The number of ether oxygens (including phenoxy) is 2. The van der Waals surface area contributed by atoms with Crippen LogP contribution in [0, 0.1) is 0 Å². The van der Waals surface area contributed by atoms with Crippen molar-refractivity contribution in [3.05, 3.63) is 95.6 Å². The van der Waals surface area contributed by atoms with E-state index in [-0.39, 0.29) is 23.9 Å². The van der Waals surface area contributed by atoms with Crippen LogP contribution in [0.3, 0.4) is 0 Å². The highest BCUT2D eigenvalue weighted by Gasteiger charge is 2.26. The predicted molar refractivity (Wildman–Crippen MR) is 142 cm³/mol. The number of sulfonamides is 1. The van der Waals surface area contributed by atoms with E-state index in [0.29, 0.717) is 5.75 Å². The van der Waals surface area contributed by atoms with Gasteiger partial charge in [0.15, 0.2) is 6.61 Å². The summed E-state index contributed by atoms with van der Waals surface area (Å²) in [6.07, 6.45) is 3.55. The second kappa shape index (κ2) is 11.3. The van der Waals surface area contributed by atoms with Crippen molar-refractivity contribution >= 4 is 27.3 Å². The Morgan fingerprint density at radius 2 is 1.76 bits per heavy atom. The maximum absolute atomic E-state index is 13.5. The van der Waals surface area contributed by atoms with E-state index in [0.717, 1.165) is 16.8 Å². The molecule has 0 radical (unpaired) electrons. The molecule has 0 aliphatic heterocycles. The van der Waals surface area contributed by atoms with Crippen LogP contribution < -0.4 is 4.74 Å². The van der Waals surface area contributed by atoms with E-state index >= 15 is 0 Å². The molecular formula is C27H29N3O5S2. The highest BCUT2D eigenvalue weighted by Crippen LogP contribution is 2.26. The molecule has 4 aromatic rings.